The van der Waals surface area contributed by atoms with Crippen LogP contribution in [-0.4, -0.2) is 45.9 Å². The molecule has 0 aliphatic rings. The predicted molar refractivity (Wildman–Crippen MR) is 120 cm³/mol. The zero-order valence-corrected chi connectivity index (χ0v) is 18.5. The summed E-state index contributed by atoms with van der Waals surface area (Å²) in [5.74, 6) is -4.00. The molecule has 0 unspecified atom stereocenters. The third kappa shape index (κ3) is 5.53. The van der Waals surface area contributed by atoms with Crippen molar-refractivity contribution < 1.29 is 23.2 Å². The maximum atomic E-state index is 13.4. The number of benzene rings is 2. The quantitative estimate of drug-likeness (QED) is 0.442. The Morgan fingerprint density at radius 1 is 1.00 bits per heavy atom. The van der Waals surface area contributed by atoms with E-state index in [-0.39, 0.29) is 28.0 Å². The number of carbonyl (C=O) groups is 3. The SMILES string of the molecule is CCN(CC)C(=O)c1cccc(NC(=O)c2cc(NC(=O)c3cc(F)c(F)cc3Cl)n[nH]2)c1. The van der Waals surface area contributed by atoms with E-state index in [2.05, 4.69) is 20.8 Å². The number of aromatic amines is 1. The zero-order valence-electron chi connectivity index (χ0n) is 17.7. The Morgan fingerprint density at radius 3 is 2.39 bits per heavy atom. The van der Waals surface area contributed by atoms with Crippen LogP contribution in [0.2, 0.25) is 5.02 Å². The molecule has 0 saturated heterocycles. The van der Waals surface area contributed by atoms with Gasteiger partial charge in [-0.05, 0) is 44.2 Å². The molecule has 11 heteroatoms. The highest BCUT2D eigenvalue weighted by Crippen LogP contribution is 2.21. The minimum absolute atomic E-state index is 0.0159. The molecule has 3 rings (SSSR count). The van der Waals surface area contributed by atoms with Crippen molar-refractivity contribution in [2.45, 2.75) is 13.8 Å². The van der Waals surface area contributed by atoms with Gasteiger partial charge in [0.05, 0.1) is 10.6 Å². The van der Waals surface area contributed by atoms with Crippen LogP contribution in [0.25, 0.3) is 0 Å². The van der Waals surface area contributed by atoms with Gasteiger partial charge in [0.2, 0.25) is 0 Å². The Balaban J connectivity index is 1.69. The first-order chi connectivity index (χ1) is 15.7. The highest BCUT2D eigenvalue weighted by atomic mass is 35.5. The lowest BCUT2D eigenvalue weighted by atomic mass is 10.1. The Bertz CT molecular complexity index is 1210. The van der Waals surface area contributed by atoms with E-state index in [1.165, 1.54) is 6.07 Å². The van der Waals surface area contributed by atoms with Crippen LogP contribution in [0.4, 0.5) is 20.3 Å². The van der Waals surface area contributed by atoms with E-state index in [9.17, 15) is 23.2 Å². The number of carbonyl (C=O) groups excluding carboxylic acids is 3. The number of halogens is 3. The maximum Gasteiger partial charge on any atom is 0.273 e. The average Bonchev–Trinajstić information content (AvgIpc) is 3.25. The van der Waals surface area contributed by atoms with Crippen LogP contribution >= 0.6 is 11.6 Å². The fourth-order valence-electron chi connectivity index (χ4n) is 3.00. The van der Waals surface area contributed by atoms with E-state index in [0.29, 0.717) is 36.5 Å². The molecule has 3 N–H and O–H groups in total. The number of H-pyrrole nitrogens is 1. The molecule has 1 aromatic heterocycles. The smallest absolute Gasteiger partial charge is 0.273 e. The molecule has 0 aliphatic heterocycles. The molecule has 0 spiro atoms. The largest absolute Gasteiger partial charge is 0.339 e. The van der Waals surface area contributed by atoms with Crippen molar-refractivity contribution in [2.24, 2.45) is 0 Å². The van der Waals surface area contributed by atoms with Crippen LogP contribution in [0.15, 0.2) is 42.5 Å². The third-order valence-corrected chi connectivity index (χ3v) is 5.05. The molecule has 0 bridgehead atoms. The predicted octanol–water partition coefficient (Wildman–Crippen LogP) is 4.33. The summed E-state index contributed by atoms with van der Waals surface area (Å²) >= 11 is 5.79. The normalized spacial score (nSPS) is 10.6. The second kappa shape index (κ2) is 10.2. The van der Waals surface area contributed by atoms with Crippen molar-refractivity contribution in [3.05, 3.63) is 75.9 Å². The third-order valence-electron chi connectivity index (χ3n) is 4.74. The van der Waals surface area contributed by atoms with Crippen LogP contribution in [0.3, 0.4) is 0 Å². The van der Waals surface area contributed by atoms with Gasteiger partial charge in [-0.25, -0.2) is 8.78 Å². The van der Waals surface area contributed by atoms with Gasteiger partial charge in [-0.15, -0.1) is 0 Å². The molecule has 172 valence electrons. The highest BCUT2D eigenvalue weighted by molar-refractivity contribution is 6.34. The maximum absolute atomic E-state index is 13.4. The molecule has 33 heavy (non-hydrogen) atoms. The Labute approximate surface area is 192 Å². The van der Waals surface area contributed by atoms with Crippen LogP contribution in [0, 0.1) is 11.6 Å². The minimum atomic E-state index is -1.23. The van der Waals surface area contributed by atoms with E-state index in [1.54, 1.807) is 29.2 Å². The molecular formula is C22H20ClF2N5O3. The first-order valence-corrected chi connectivity index (χ1v) is 10.3. The number of amides is 3. The molecular weight excluding hydrogens is 456 g/mol. The summed E-state index contributed by atoms with van der Waals surface area (Å²) in [5.41, 5.74) is 0.547. The summed E-state index contributed by atoms with van der Waals surface area (Å²) < 4.78 is 26.6. The van der Waals surface area contributed by atoms with E-state index < -0.39 is 23.4 Å². The van der Waals surface area contributed by atoms with E-state index in [4.69, 9.17) is 11.6 Å². The number of anilines is 2. The monoisotopic (exact) mass is 475 g/mol. The van der Waals surface area contributed by atoms with Crippen molar-refractivity contribution in [3.63, 3.8) is 0 Å². The lowest BCUT2D eigenvalue weighted by molar-refractivity contribution is 0.0772. The lowest BCUT2D eigenvalue weighted by Gasteiger charge is -2.18. The second-order valence-corrected chi connectivity index (χ2v) is 7.29. The molecule has 0 radical (unpaired) electrons. The molecule has 2 aromatic carbocycles. The van der Waals surface area contributed by atoms with Gasteiger partial charge in [-0.3, -0.25) is 19.5 Å². The van der Waals surface area contributed by atoms with Gasteiger partial charge in [0, 0.05) is 30.4 Å². The van der Waals surface area contributed by atoms with Gasteiger partial charge in [0.15, 0.2) is 17.5 Å². The number of hydrogen-bond donors (Lipinski definition) is 3. The number of nitrogens with one attached hydrogen (secondary N) is 3. The summed E-state index contributed by atoms with van der Waals surface area (Å²) in [6.07, 6.45) is 0. The molecule has 8 nitrogen and oxygen atoms in total. The van der Waals surface area contributed by atoms with Crippen LogP contribution in [-0.2, 0) is 0 Å². The molecule has 0 fully saturated rings. The number of hydrogen-bond acceptors (Lipinski definition) is 4. The Morgan fingerprint density at radius 2 is 1.70 bits per heavy atom. The van der Waals surface area contributed by atoms with Crippen molar-refractivity contribution in [1.29, 1.82) is 0 Å². The summed E-state index contributed by atoms with van der Waals surface area (Å²) in [7, 11) is 0. The van der Waals surface area contributed by atoms with Crippen LogP contribution in [0.5, 0.6) is 0 Å². The molecule has 0 atom stereocenters. The van der Waals surface area contributed by atoms with Gasteiger partial charge in [0.25, 0.3) is 17.7 Å². The van der Waals surface area contributed by atoms with Gasteiger partial charge in [-0.1, -0.05) is 17.7 Å². The first kappa shape index (κ1) is 23.9. The van der Waals surface area contributed by atoms with Crippen molar-refractivity contribution >= 4 is 40.8 Å². The number of aromatic nitrogens is 2. The summed E-state index contributed by atoms with van der Waals surface area (Å²) in [4.78, 5) is 39.0. The molecule has 1 heterocycles. The Kier molecular flexibility index (Phi) is 7.39. The molecule has 3 aromatic rings. The minimum Gasteiger partial charge on any atom is -0.339 e. The molecule has 0 saturated carbocycles. The fraction of sp³-hybridized carbons (Fsp3) is 0.182. The average molecular weight is 476 g/mol. The van der Waals surface area contributed by atoms with Gasteiger partial charge >= 0.3 is 0 Å². The topological polar surface area (TPSA) is 107 Å². The van der Waals surface area contributed by atoms with Crippen molar-refractivity contribution in [1.82, 2.24) is 15.1 Å². The lowest BCUT2D eigenvalue weighted by Crippen LogP contribution is -2.30. The summed E-state index contributed by atoms with van der Waals surface area (Å²) in [6.45, 7) is 4.87. The van der Waals surface area contributed by atoms with Gasteiger partial charge in [-0.2, -0.15) is 5.10 Å². The molecule has 0 aliphatic carbocycles. The van der Waals surface area contributed by atoms with Gasteiger partial charge < -0.3 is 15.5 Å². The highest BCUT2D eigenvalue weighted by Gasteiger charge is 2.18. The first-order valence-electron chi connectivity index (χ1n) is 9.95. The van der Waals surface area contributed by atoms with E-state index in [1.807, 2.05) is 13.8 Å². The Hall–Kier alpha value is -3.79. The molecule has 3 amide bonds. The number of rotatable bonds is 7. The zero-order chi connectivity index (χ0) is 24.1. The summed E-state index contributed by atoms with van der Waals surface area (Å²) in [6, 6.07) is 9.10. The van der Waals surface area contributed by atoms with Crippen LogP contribution < -0.4 is 10.6 Å². The van der Waals surface area contributed by atoms with E-state index >= 15 is 0 Å². The van der Waals surface area contributed by atoms with E-state index in [0.717, 1.165) is 0 Å². The number of nitrogens with zero attached hydrogens (tertiary/aromatic N) is 2. The standard InChI is InChI=1S/C22H20ClF2N5O3/c1-3-30(4-2)22(33)12-6-5-7-13(8-12)26-21(32)18-11-19(29-28-18)27-20(31)14-9-16(24)17(25)10-15(14)23/h5-11H,3-4H2,1-2H3,(H,26,32)(H2,27,28,29,31). The second-order valence-electron chi connectivity index (χ2n) is 6.88. The van der Waals surface area contributed by atoms with Crippen LogP contribution in [0.1, 0.15) is 45.1 Å². The summed E-state index contributed by atoms with van der Waals surface area (Å²) in [5, 5.41) is 11.0. The van der Waals surface area contributed by atoms with Crippen molar-refractivity contribution in [3.8, 4) is 0 Å². The fourth-order valence-corrected chi connectivity index (χ4v) is 3.24. The van der Waals surface area contributed by atoms with Crippen molar-refractivity contribution in [2.75, 3.05) is 23.7 Å². The van der Waals surface area contributed by atoms with Gasteiger partial charge in [0.1, 0.15) is 5.69 Å².